The average molecular weight is 212 g/mol. The molecule has 14 heavy (non-hydrogen) atoms. The Morgan fingerprint density at radius 2 is 2.50 bits per heavy atom. The van der Waals surface area contributed by atoms with Crippen molar-refractivity contribution >= 4 is 17.3 Å². The second-order valence-corrected chi connectivity index (χ2v) is 3.97. The standard InChI is InChI=1S/C10H14ClN3/c1-7-10(11)9(3-5-13-7)14-8-2-4-12-6-8/h3,5,8,12H,2,4,6H2,1H3,(H,13,14). The van der Waals surface area contributed by atoms with Gasteiger partial charge in [-0.05, 0) is 26.0 Å². The highest BCUT2D eigenvalue weighted by atomic mass is 35.5. The molecular formula is C10H14ClN3. The SMILES string of the molecule is Cc1nccc(NC2CCNC2)c1Cl. The Labute approximate surface area is 88.9 Å². The van der Waals surface area contributed by atoms with Crippen LogP contribution in [0, 0.1) is 6.92 Å². The molecule has 1 aromatic rings. The molecule has 1 atom stereocenters. The first kappa shape index (κ1) is 9.74. The van der Waals surface area contributed by atoms with Gasteiger partial charge in [-0.1, -0.05) is 11.6 Å². The zero-order valence-electron chi connectivity index (χ0n) is 8.18. The van der Waals surface area contributed by atoms with Gasteiger partial charge in [-0.2, -0.15) is 0 Å². The largest absolute Gasteiger partial charge is 0.380 e. The summed E-state index contributed by atoms with van der Waals surface area (Å²) >= 11 is 6.13. The van der Waals surface area contributed by atoms with Crippen molar-refractivity contribution in [2.24, 2.45) is 0 Å². The van der Waals surface area contributed by atoms with Gasteiger partial charge in [-0.15, -0.1) is 0 Å². The van der Waals surface area contributed by atoms with Crippen LogP contribution >= 0.6 is 11.6 Å². The van der Waals surface area contributed by atoms with Crippen molar-refractivity contribution in [1.29, 1.82) is 0 Å². The lowest BCUT2D eigenvalue weighted by Crippen LogP contribution is -2.22. The normalized spacial score (nSPS) is 21.1. The van der Waals surface area contributed by atoms with Crippen LogP contribution in [0.15, 0.2) is 12.3 Å². The van der Waals surface area contributed by atoms with Crippen molar-refractivity contribution in [3.63, 3.8) is 0 Å². The van der Waals surface area contributed by atoms with E-state index in [4.69, 9.17) is 11.6 Å². The minimum absolute atomic E-state index is 0.495. The van der Waals surface area contributed by atoms with Crippen LogP contribution < -0.4 is 10.6 Å². The van der Waals surface area contributed by atoms with Gasteiger partial charge < -0.3 is 10.6 Å². The molecule has 0 bridgehead atoms. The molecule has 1 fully saturated rings. The smallest absolute Gasteiger partial charge is 0.0849 e. The second kappa shape index (κ2) is 4.15. The summed E-state index contributed by atoms with van der Waals surface area (Å²) in [6, 6.07) is 2.42. The summed E-state index contributed by atoms with van der Waals surface area (Å²) in [5, 5.41) is 7.46. The van der Waals surface area contributed by atoms with E-state index in [2.05, 4.69) is 15.6 Å². The molecule has 3 nitrogen and oxygen atoms in total. The van der Waals surface area contributed by atoms with Crippen LogP contribution in [0.3, 0.4) is 0 Å². The monoisotopic (exact) mass is 211 g/mol. The van der Waals surface area contributed by atoms with Crippen LogP contribution in [0.2, 0.25) is 5.02 Å². The first-order valence-electron chi connectivity index (χ1n) is 4.86. The zero-order chi connectivity index (χ0) is 9.97. The van der Waals surface area contributed by atoms with Crippen LogP contribution in [0.1, 0.15) is 12.1 Å². The molecule has 0 saturated carbocycles. The maximum atomic E-state index is 6.13. The lowest BCUT2D eigenvalue weighted by molar-refractivity contribution is 0.793. The number of hydrogen-bond donors (Lipinski definition) is 2. The number of aromatic nitrogens is 1. The highest BCUT2D eigenvalue weighted by molar-refractivity contribution is 6.33. The third kappa shape index (κ3) is 1.99. The predicted molar refractivity (Wildman–Crippen MR) is 58.9 cm³/mol. The quantitative estimate of drug-likeness (QED) is 0.784. The minimum Gasteiger partial charge on any atom is -0.380 e. The fourth-order valence-corrected chi connectivity index (χ4v) is 1.82. The fraction of sp³-hybridized carbons (Fsp3) is 0.500. The van der Waals surface area contributed by atoms with E-state index < -0.39 is 0 Å². The van der Waals surface area contributed by atoms with Crippen molar-refractivity contribution in [1.82, 2.24) is 10.3 Å². The first-order chi connectivity index (χ1) is 6.77. The third-order valence-corrected chi connectivity index (χ3v) is 2.96. The Balaban J connectivity index is 2.11. The van der Waals surface area contributed by atoms with E-state index in [0.717, 1.165) is 35.9 Å². The van der Waals surface area contributed by atoms with Gasteiger partial charge in [-0.25, -0.2) is 0 Å². The maximum absolute atomic E-state index is 6.13. The molecule has 2 N–H and O–H groups in total. The molecule has 2 rings (SSSR count). The van der Waals surface area contributed by atoms with Gasteiger partial charge in [0.1, 0.15) is 0 Å². The van der Waals surface area contributed by atoms with E-state index in [1.54, 1.807) is 6.20 Å². The summed E-state index contributed by atoms with van der Waals surface area (Å²) in [6.45, 7) is 4.01. The van der Waals surface area contributed by atoms with Crippen molar-refractivity contribution in [3.8, 4) is 0 Å². The highest BCUT2D eigenvalue weighted by Gasteiger charge is 2.15. The summed E-state index contributed by atoms with van der Waals surface area (Å²) in [5.74, 6) is 0. The Bertz CT molecular complexity index is 321. The molecule has 0 spiro atoms. The van der Waals surface area contributed by atoms with Gasteiger partial charge in [0.25, 0.3) is 0 Å². The number of hydrogen-bond acceptors (Lipinski definition) is 3. The van der Waals surface area contributed by atoms with Gasteiger partial charge >= 0.3 is 0 Å². The Morgan fingerprint density at radius 1 is 1.64 bits per heavy atom. The molecule has 0 aromatic carbocycles. The Morgan fingerprint density at radius 3 is 3.21 bits per heavy atom. The molecule has 1 saturated heterocycles. The van der Waals surface area contributed by atoms with Crippen molar-refractivity contribution in [2.75, 3.05) is 18.4 Å². The van der Waals surface area contributed by atoms with Crippen molar-refractivity contribution in [2.45, 2.75) is 19.4 Å². The molecular weight excluding hydrogens is 198 g/mol. The van der Waals surface area contributed by atoms with Gasteiger partial charge in [0.2, 0.25) is 0 Å². The van der Waals surface area contributed by atoms with Crippen LogP contribution in [0.5, 0.6) is 0 Å². The van der Waals surface area contributed by atoms with Crippen LogP contribution in [-0.4, -0.2) is 24.1 Å². The minimum atomic E-state index is 0.495. The molecule has 0 aliphatic carbocycles. The van der Waals surface area contributed by atoms with Crippen molar-refractivity contribution < 1.29 is 0 Å². The maximum Gasteiger partial charge on any atom is 0.0849 e. The summed E-state index contributed by atoms with van der Waals surface area (Å²) in [6.07, 6.45) is 2.93. The topological polar surface area (TPSA) is 37.0 Å². The van der Waals surface area contributed by atoms with Crippen LogP contribution in [0.4, 0.5) is 5.69 Å². The van der Waals surface area contributed by atoms with Gasteiger partial charge in [-0.3, -0.25) is 4.98 Å². The summed E-state index contributed by atoms with van der Waals surface area (Å²) in [4.78, 5) is 4.13. The molecule has 1 aliphatic heterocycles. The molecule has 1 unspecified atom stereocenters. The van der Waals surface area contributed by atoms with E-state index in [-0.39, 0.29) is 0 Å². The summed E-state index contributed by atoms with van der Waals surface area (Å²) < 4.78 is 0. The molecule has 4 heteroatoms. The third-order valence-electron chi connectivity index (χ3n) is 2.48. The molecule has 76 valence electrons. The van der Waals surface area contributed by atoms with Crippen LogP contribution in [0.25, 0.3) is 0 Å². The molecule has 1 aromatic heterocycles. The van der Waals surface area contributed by atoms with Gasteiger partial charge in [0.05, 0.1) is 16.4 Å². The van der Waals surface area contributed by atoms with E-state index >= 15 is 0 Å². The van der Waals surface area contributed by atoms with Gasteiger partial charge in [0.15, 0.2) is 0 Å². The van der Waals surface area contributed by atoms with E-state index in [1.165, 1.54) is 0 Å². The highest BCUT2D eigenvalue weighted by Crippen LogP contribution is 2.24. The number of nitrogens with zero attached hydrogens (tertiary/aromatic N) is 1. The number of rotatable bonds is 2. The lowest BCUT2D eigenvalue weighted by Gasteiger charge is -2.14. The molecule has 2 heterocycles. The number of nitrogens with one attached hydrogen (secondary N) is 2. The lowest BCUT2D eigenvalue weighted by atomic mass is 10.2. The van der Waals surface area contributed by atoms with E-state index in [9.17, 15) is 0 Å². The molecule has 0 amide bonds. The molecule has 0 radical (unpaired) electrons. The van der Waals surface area contributed by atoms with Crippen LogP contribution in [-0.2, 0) is 0 Å². The van der Waals surface area contributed by atoms with Crippen molar-refractivity contribution in [3.05, 3.63) is 23.0 Å². The number of aryl methyl sites for hydroxylation is 1. The number of anilines is 1. The van der Waals surface area contributed by atoms with Gasteiger partial charge in [0, 0.05) is 18.8 Å². The summed E-state index contributed by atoms with van der Waals surface area (Å²) in [7, 11) is 0. The zero-order valence-corrected chi connectivity index (χ0v) is 8.93. The number of pyridine rings is 1. The fourth-order valence-electron chi connectivity index (χ4n) is 1.66. The summed E-state index contributed by atoms with van der Waals surface area (Å²) in [5.41, 5.74) is 1.87. The molecule has 1 aliphatic rings. The van der Waals surface area contributed by atoms with E-state index in [1.807, 2.05) is 13.0 Å². The first-order valence-corrected chi connectivity index (χ1v) is 5.23. The predicted octanol–water partition coefficient (Wildman–Crippen LogP) is 1.82. The Kier molecular flexibility index (Phi) is 2.89. The number of halogens is 1. The Hall–Kier alpha value is -0.800. The second-order valence-electron chi connectivity index (χ2n) is 3.59. The van der Waals surface area contributed by atoms with E-state index in [0.29, 0.717) is 6.04 Å². The average Bonchev–Trinajstić information content (AvgIpc) is 2.66.